The summed E-state index contributed by atoms with van der Waals surface area (Å²) in [7, 11) is 0. The van der Waals surface area contributed by atoms with Crippen LogP contribution in [0.25, 0.3) is 0 Å². The molecule has 1 nitrogen and oxygen atoms in total. The summed E-state index contributed by atoms with van der Waals surface area (Å²) in [4.78, 5) is 0. The van der Waals surface area contributed by atoms with Gasteiger partial charge in [0, 0.05) is 12.6 Å². The molecule has 2 heteroatoms. The predicted octanol–water partition coefficient (Wildman–Crippen LogP) is 1.73. The molecule has 4 unspecified atom stereocenters. The Balaban J connectivity index is 1.89. The molecule has 0 radical (unpaired) electrons. The van der Waals surface area contributed by atoms with E-state index in [1.165, 1.54) is 6.42 Å². The van der Waals surface area contributed by atoms with Gasteiger partial charge in [-0.2, -0.15) is 0 Å². The highest BCUT2D eigenvalue weighted by atomic mass is 19.1. The van der Waals surface area contributed by atoms with Crippen LogP contribution in [0.15, 0.2) is 0 Å². The smallest absolute Gasteiger partial charge is 0.101 e. The molecule has 64 valence electrons. The van der Waals surface area contributed by atoms with Gasteiger partial charge in [0.05, 0.1) is 0 Å². The molecule has 0 amide bonds. The zero-order chi connectivity index (χ0) is 7.84. The van der Waals surface area contributed by atoms with Crippen molar-refractivity contribution >= 4 is 0 Å². The fraction of sp³-hybridized carbons (Fsp3) is 1.00. The highest BCUT2D eigenvalue weighted by Gasteiger charge is 2.36. The second-order valence-corrected chi connectivity index (χ2v) is 4.18. The summed E-state index contributed by atoms with van der Waals surface area (Å²) in [5.74, 6) is 1.24. The molecule has 1 saturated carbocycles. The van der Waals surface area contributed by atoms with Crippen molar-refractivity contribution in [3.05, 3.63) is 0 Å². The second-order valence-electron chi connectivity index (χ2n) is 4.18. The van der Waals surface area contributed by atoms with E-state index in [4.69, 9.17) is 0 Å². The van der Waals surface area contributed by atoms with Crippen molar-refractivity contribution in [3.8, 4) is 0 Å². The van der Waals surface area contributed by atoms with Gasteiger partial charge in [-0.1, -0.05) is 6.92 Å². The summed E-state index contributed by atoms with van der Waals surface area (Å²) in [6.45, 7) is 3.30. The van der Waals surface area contributed by atoms with E-state index in [1.807, 2.05) is 0 Å². The maximum absolute atomic E-state index is 13.0. The Labute approximate surface area is 67.4 Å². The third kappa shape index (κ3) is 1.73. The number of hydrogen-bond donors (Lipinski definition) is 1. The van der Waals surface area contributed by atoms with Crippen LogP contribution in [0.4, 0.5) is 4.39 Å². The van der Waals surface area contributed by atoms with Crippen LogP contribution < -0.4 is 5.32 Å². The lowest BCUT2D eigenvalue weighted by molar-refractivity contribution is 0.155. The highest BCUT2D eigenvalue weighted by Crippen LogP contribution is 2.34. The molecule has 0 aromatic carbocycles. The number of hydrogen-bond acceptors (Lipinski definition) is 1. The van der Waals surface area contributed by atoms with Crippen LogP contribution in [0.3, 0.4) is 0 Å². The van der Waals surface area contributed by atoms with Crippen LogP contribution in [0, 0.1) is 11.8 Å². The normalized spacial score (nSPS) is 50.7. The van der Waals surface area contributed by atoms with Crippen molar-refractivity contribution in [2.24, 2.45) is 11.8 Å². The zero-order valence-corrected chi connectivity index (χ0v) is 7.02. The van der Waals surface area contributed by atoms with Crippen molar-refractivity contribution in [1.29, 1.82) is 0 Å². The average Bonchev–Trinajstić information content (AvgIpc) is 2.64. The number of rotatable bonds is 1. The Morgan fingerprint density at radius 2 is 2.00 bits per heavy atom. The van der Waals surface area contributed by atoms with E-state index in [9.17, 15) is 4.39 Å². The standard InChI is InChI=1S/C9H16FN/c1-6-2-7(9-5-11-9)4-8(10)3-6/h6-9,11H,2-5H2,1H3. The maximum Gasteiger partial charge on any atom is 0.101 e. The van der Waals surface area contributed by atoms with Crippen LogP contribution in [-0.2, 0) is 0 Å². The van der Waals surface area contributed by atoms with Crippen LogP contribution in [0.5, 0.6) is 0 Å². The van der Waals surface area contributed by atoms with E-state index in [2.05, 4.69) is 12.2 Å². The Hall–Kier alpha value is -0.110. The number of nitrogens with one attached hydrogen (secondary N) is 1. The molecule has 0 aromatic rings. The largest absolute Gasteiger partial charge is 0.311 e. The molecule has 2 fully saturated rings. The first kappa shape index (κ1) is 7.53. The third-order valence-corrected chi connectivity index (χ3v) is 2.93. The topological polar surface area (TPSA) is 21.9 Å². The van der Waals surface area contributed by atoms with Crippen molar-refractivity contribution in [1.82, 2.24) is 5.32 Å². The van der Waals surface area contributed by atoms with Crippen molar-refractivity contribution in [2.75, 3.05) is 6.54 Å². The Morgan fingerprint density at radius 3 is 2.55 bits per heavy atom. The molecule has 2 aliphatic rings. The van der Waals surface area contributed by atoms with Gasteiger partial charge in [-0.05, 0) is 31.1 Å². The molecule has 1 saturated heterocycles. The Kier molecular flexibility index (Phi) is 1.88. The van der Waals surface area contributed by atoms with E-state index in [0.29, 0.717) is 17.9 Å². The minimum Gasteiger partial charge on any atom is -0.311 e. The summed E-state index contributed by atoms with van der Waals surface area (Å²) < 4.78 is 13.0. The lowest BCUT2D eigenvalue weighted by Gasteiger charge is -2.28. The van der Waals surface area contributed by atoms with Crippen LogP contribution in [-0.4, -0.2) is 18.8 Å². The summed E-state index contributed by atoms with van der Waals surface area (Å²) in [6.07, 6.45) is 2.31. The molecule has 4 atom stereocenters. The summed E-state index contributed by atoms with van der Waals surface area (Å²) in [5.41, 5.74) is 0. The van der Waals surface area contributed by atoms with Crippen molar-refractivity contribution in [2.45, 2.75) is 38.4 Å². The second kappa shape index (κ2) is 2.74. The molecule has 1 aliphatic heterocycles. The van der Waals surface area contributed by atoms with Crippen LogP contribution >= 0.6 is 0 Å². The molecule has 0 aromatic heterocycles. The van der Waals surface area contributed by atoms with Crippen LogP contribution in [0.2, 0.25) is 0 Å². The monoisotopic (exact) mass is 157 g/mol. The van der Waals surface area contributed by atoms with E-state index in [-0.39, 0.29) is 0 Å². The molecule has 1 heterocycles. The fourth-order valence-corrected chi connectivity index (χ4v) is 2.30. The lowest BCUT2D eigenvalue weighted by atomic mass is 9.80. The molecule has 2 rings (SSSR count). The summed E-state index contributed by atoms with van der Waals surface area (Å²) in [5, 5.41) is 3.28. The van der Waals surface area contributed by atoms with Gasteiger partial charge in [-0.25, -0.2) is 4.39 Å². The maximum atomic E-state index is 13.0. The van der Waals surface area contributed by atoms with E-state index >= 15 is 0 Å². The lowest BCUT2D eigenvalue weighted by Crippen LogP contribution is -2.26. The summed E-state index contributed by atoms with van der Waals surface area (Å²) in [6, 6.07) is 0.663. The van der Waals surface area contributed by atoms with Gasteiger partial charge in [-0.3, -0.25) is 0 Å². The molecule has 11 heavy (non-hydrogen) atoms. The van der Waals surface area contributed by atoms with E-state index < -0.39 is 6.17 Å². The zero-order valence-electron chi connectivity index (χ0n) is 7.02. The quantitative estimate of drug-likeness (QED) is 0.575. The minimum absolute atomic E-state index is 0.522. The van der Waals surface area contributed by atoms with Gasteiger partial charge in [0.1, 0.15) is 6.17 Å². The van der Waals surface area contributed by atoms with Crippen molar-refractivity contribution < 1.29 is 4.39 Å². The fourth-order valence-electron chi connectivity index (χ4n) is 2.30. The summed E-state index contributed by atoms with van der Waals surface area (Å²) >= 11 is 0. The minimum atomic E-state index is -0.522. The first-order valence-corrected chi connectivity index (χ1v) is 4.63. The molecule has 0 bridgehead atoms. The SMILES string of the molecule is CC1CC(F)CC(C2CN2)C1. The molecule has 1 N–H and O–H groups in total. The van der Waals surface area contributed by atoms with Gasteiger partial charge in [-0.15, -0.1) is 0 Å². The van der Waals surface area contributed by atoms with E-state index in [1.54, 1.807) is 0 Å². The Bertz CT molecular complexity index is 134. The van der Waals surface area contributed by atoms with E-state index in [0.717, 1.165) is 19.4 Å². The first-order valence-electron chi connectivity index (χ1n) is 4.63. The van der Waals surface area contributed by atoms with Gasteiger partial charge < -0.3 is 5.32 Å². The number of alkyl halides is 1. The third-order valence-electron chi connectivity index (χ3n) is 2.93. The van der Waals surface area contributed by atoms with Crippen molar-refractivity contribution in [3.63, 3.8) is 0 Å². The molecular weight excluding hydrogens is 141 g/mol. The van der Waals surface area contributed by atoms with Crippen LogP contribution in [0.1, 0.15) is 26.2 Å². The molecular formula is C9H16FN. The van der Waals surface area contributed by atoms with Gasteiger partial charge in [0.2, 0.25) is 0 Å². The molecule has 0 spiro atoms. The van der Waals surface area contributed by atoms with Gasteiger partial charge in [0.25, 0.3) is 0 Å². The highest BCUT2D eigenvalue weighted by molar-refractivity contribution is 4.94. The first-order chi connectivity index (χ1) is 5.25. The molecule has 1 aliphatic carbocycles. The predicted molar refractivity (Wildman–Crippen MR) is 43.2 cm³/mol. The average molecular weight is 157 g/mol. The van der Waals surface area contributed by atoms with Gasteiger partial charge >= 0.3 is 0 Å². The van der Waals surface area contributed by atoms with Gasteiger partial charge in [0.15, 0.2) is 0 Å². The Morgan fingerprint density at radius 1 is 1.27 bits per heavy atom. The number of halogens is 1.